The predicted molar refractivity (Wildman–Crippen MR) is 66.8 cm³/mol. The van der Waals surface area contributed by atoms with Gasteiger partial charge < -0.3 is 15.9 Å². The van der Waals surface area contributed by atoms with Crippen LogP contribution in [0.3, 0.4) is 0 Å². The molecule has 0 unspecified atom stereocenters. The number of hydrogen-bond acceptors (Lipinski definition) is 4. The Kier molecular flexibility index (Phi) is 3.74. The van der Waals surface area contributed by atoms with E-state index in [0.717, 1.165) is 30.8 Å². The van der Waals surface area contributed by atoms with Gasteiger partial charge in [0.05, 0.1) is 18.0 Å². The molecule has 4 nitrogen and oxygen atoms in total. The fraction of sp³-hybridized carbons (Fsp3) is 0.455. The van der Waals surface area contributed by atoms with Gasteiger partial charge in [0, 0.05) is 18.5 Å². The van der Waals surface area contributed by atoms with Crippen molar-refractivity contribution in [3.8, 4) is 5.75 Å². The maximum Gasteiger partial charge on any atom is 0.144 e. The molecule has 5 heteroatoms. The van der Waals surface area contributed by atoms with Gasteiger partial charge in [-0.1, -0.05) is 0 Å². The summed E-state index contributed by atoms with van der Waals surface area (Å²) in [6.07, 6.45) is 1.91. The lowest BCUT2D eigenvalue weighted by atomic mass is 10.1. The first-order chi connectivity index (χ1) is 7.81. The summed E-state index contributed by atoms with van der Waals surface area (Å²) in [6, 6.07) is 3.88. The molecular weight excluding hydrogens is 226 g/mol. The topological polar surface area (TPSA) is 59.3 Å². The van der Waals surface area contributed by atoms with Crippen LogP contribution >= 0.6 is 11.6 Å². The maximum atomic E-state index is 5.90. The van der Waals surface area contributed by atoms with Gasteiger partial charge in [-0.05, 0) is 24.5 Å². The minimum absolute atomic E-state index is 0.656. The van der Waals surface area contributed by atoms with E-state index in [1.165, 1.54) is 5.56 Å². The number of unbranched alkanes of at least 4 members (excludes halogenated alkanes) is 1. The monoisotopic (exact) mass is 241 g/mol. The Morgan fingerprint density at radius 1 is 1.38 bits per heavy atom. The zero-order valence-corrected chi connectivity index (χ0v) is 9.81. The van der Waals surface area contributed by atoms with Crippen molar-refractivity contribution in [2.45, 2.75) is 19.4 Å². The predicted octanol–water partition coefficient (Wildman–Crippen LogP) is 2.10. The molecular formula is C11H16ClN3O. The van der Waals surface area contributed by atoms with E-state index in [1.807, 2.05) is 12.1 Å². The minimum atomic E-state index is 0.656. The molecule has 0 fully saturated rings. The Balaban J connectivity index is 1.98. The second kappa shape index (κ2) is 5.27. The first-order valence-corrected chi connectivity index (χ1v) is 5.95. The molecule has 0 atom stereocenters. The van der Waals surface area contributed by atoms with Gasteiger partial charge in [-0.25, -0.2) is 5.43 Å². The van der Waals surface area contributed by atoms with Gasteiger partial charge in [0.25, 0.3) is 0 Å². The normalized spacial score (nSPS) is 13.3. The highest BCUT2D eigenvalue weighted by Gasteiger charge is 2.13. The van der Waals surface area contributed by atoms with Crippen LogP contribution in [0, 0.1) is 0 Å². The minimum Gasteiger partial charge on any atom is -0.491 e. The fourth-order valence-corrected chi connectivity index (χ4v) is 1.83. The van der Waals surface area contributed by atoms with Crippen LogP contribution in [-0.2, 0) is 6.54 Å². The van der Waals surface area contributed by atoms with Crippen molar-refractivity contribution in [1.82, 2.24) is 5.43 Å². The quantitative estimate of drug-likeness (QED) is 0.420. The van der Waals surface area contributed by atoms with Gasteiger partial charge in [0.1, 0.15) is 5.75 Å². The number of nitrogen functional groups attached to an aromatic ring is 1. The standard InChI is InChI=1S/C11H16ClN3O/c12-3-1-2-4-16-11-6-10-8(5-9(11)13)7-14-15-10/h5-6,14-15H,1-4,7,13H2. The maximum absolute atomic E-state index is 5.90. The van der Waals surface area contributed by atoms with Gasteiger partial charge in [-0.3, -0.25) is 0 Å². The number of benzene rings is 1. The molecule has 4 N–H and O–H groups in total. The van der Waals surface area contributed by atoms with Gasteiger partial charge in [-0.15, -0.1) is 11.6 Å². The van der Waals surface area contributed by atoms with Crippen LogP contribution in [0.4, 0.5) is 11.4 Å². The third kappa shape index (κ3) is 2.51. The van der Waals surface area contributed by atoms with Crippen molar-refractivity contribution in [2.75, 3.05) is 23.6 Å². The molecule has 0 saturated carbocycles. The van der Waals surface area contributed by atoms with E-state index >= 15 is 0 Å². The zero-order chi connectivity index (χ0) is 11.4. The molecule has 2 rings (SSSR count). The largest absolute Gasteiger partial charge is 0.491 e. The fourth-order valence-electron chi connectivity index (χ4n) is 1.64. The molecule has 1 heterocycles. The van der Waals surface area contributed by atoms with Crippen LogP contribution in [0.5, 0.6) is 5.75 Å². The molecule has 1 aliphatic heterocycles. The number of ether oxygens (including phenoxy) is 1. The molecule has 0 bridgehead atoms. The third-order valence-corrected chi connectivity index (χ3v) is 2.79. The lowest BCUT2D eigenvalue weighted by molar-refractivity contribution is 0.311. The highest BCUT2D eigenvalue weighted by atomic mass is 35.5. The van der Waals surface area contributed by atoms with Crippen LogP contribution in [0.25, 0.3) is 0 Å². The van der Waals surface area contributed by atoms with Crippen molar-refractivity contribution in [3.63, 3.8) is 0 Å². The van der Waals surface area contributed by atoms with Crippen molar-refractivity contribution >= 4 is 23.0 Å². The van der Waals surface area contributed by atoms with E-state index in [4.69, 9.17) is 22.1 Å². The number of alkyl halides is 1. The van der Waals surface area contributed by atoms with Gasteiger partial charge >= 0.3 is 0 Å². The van der Waals surface area contributed by atoms with Gasteiger partial charge in [0.15, 0.2) is 0 Å². The summed E-state index contributed by atoms with van der Waals surface area (Å²) in [5.41, 5.74) is 14.9. The summed E-state index contributed by atoms with van der Waals surface area (Å²) < 4.78 is 5.61. The van der Waals surface area contributed by atoms with E-state index < -0.39 is 0 Å². The molecule has 0 aliphatic carbocycles. The first kappa shape index (κ1) is 11.4. The summed E-state index contributed by atoms with van der Waals surface area (Å²) in [6.45, 7) is 1.45. The van der Waals surface area contributed by atoms with Crippen LogP contribution in [0.2, 0.25) is 0 Å². The summed E-state index contributed by atoms with van der Waals surface area (Å²) >= 11 is 5.59. The molecule has 0 aromatic heterocycles. The summed E-state index contributed by atoms with van der Waals surface area (Å²) in [7, 11) is 0. The Morgan fingerprint density at radius 3 is 3.06 bits per heavy atom. The number of nitrogens with one attached hydrogen (secondary N) is 2. The lowest BCUT2D eigenvalue weighted by Gasteiger charge is -2.10. The van der Waals surface area contributed by atoms with Crippen molar-refractivity contribution in [3.05, 3.63) is 17.7 Å². The molecule has 1 aromatic rings. The molecule has 1 aromatic carbocycles. The lowest BCUT2D eigenvalue weighted by Crippen LogP contribution is -2.10. The molecule has 16 heavy (non-hydrogen) atoms. The molecule has 0 saturated heterocycles. The van der Waals surface area contributed by atoms with Crippen molar-refractivity contribution in [2.24, 2.45) is 0 Å². The number of nitrogens with two attached hydrogens (primary N) is 1. The number of fused-ring (bicyclic) bond motifs is 1. The molecule has 88 valence electrons. The van der Waals surface area contributed by atoms with Gasteiger partial charge in [0.2, 0.25) is 0 Å². The highest BCUT2D eigenvalue weighted by molar-refractivity contribution is 6.17. The Labute approximate surface area is 100 Å². The zero-order valence-electron chi connectivity index (χ0n) is 9.05. The Bertz CT molecular complexity index is 370. The van der Waals surface area contributed by atoms with E-state index in [0.29, 0.717) is 18.2 Å². The number of anilines is 2. The first-order valence-electron chi connectivity index (χ1n) is 5.41. The number of hydrogen-bond donors (Lipinski definition) is 3. The second-order valence-electron chi connectivity index (χ2n) is 3.77. The van der Waals surface area contributed by atoms with Crippen LogP contribution in [0.15, 0.2) is 12.1 Å². The smallest absolute Gasteiger partial charge is 0.144 e. The third-order valence-electron chi connectivity index (χ3n) is 2.52. The molecule has 0 spiro atoms. The second-order valence-corrected chi connectivity index (χ2v) is 4.15. The summed E-state index contributed by atoms with van der Waals surface area (Å²) in [5, 5.41) is 0. The summed E-state index contributed by atoms with van der Waals surface area (Å²) in [4.78, 5) is 0. The van der Waals surface area contributed by atoms with Crippen molar-refractivity contribution in [1.29, 1.82) is 0 Å². The van der Waals surface area contributed by atoms with Crippen LogP contribution < -0.4 is 21.3 Å². The van der Waals surface area contributed by atoms with E-state index in [2.05, 4.69) is 10.9 Å². The Morgan fingerprint density at radius 2 is 2.25 bits per heavy atom. The Hall–Kier alpha value is -1.13. The van der Waals surface area contributed by atoms with E-state index in [9.17, 15) is 0 Å². The molecule has 0 radical (unpaired) electrons. The number of rotatable bonds is 5. The van der Waals surface area contributed by atoms with E-state index in [-0.39, 0.29) is 0 Å². The summed E-state index contributed by atoms with van der Waals surface area (Å²) in [5.74, 6) is 1.42. The highest BCUT2D eigenvalue weighted by Crippen LogP contribution is 2.31. The number of hydrazine groups is 1. The molecule has 1 aliphatic rings. The van der Waals surface area contributed by atoms with Crippen LogP contribution in [-0.4, -0.2) is 12.5 Å². The van der Waals surface area contributed by atoms with Crippen molar-refractivity contribution < 1.29 is 4.74 Å². The van der Waals surface area contributed by atoms with E-state index in [1.54, 1.807) is 0 Å². The number of halogens is 1. The molecule has 0 amide bonds. The van der Waals surface area contributed by atoms with Gasteiger partial charge in [-0.2, -0.15) is 0 Å². The SMILES string of the molecule is Nc1cc2c(cc1OCCCCCl)NNC2. The van der Waals surface area contributed by atoms with Crippen LogP contribution in [0.1, 0.15) is 18.4 Å². The average molecular weight is 242 g/mol. The average Bonchev–Trinajstić information content (AvgIpc) is 2.71.